The van der Waals surface area contributed by atoms with Gasteiger partial charge in [0.15, 0.2) is 11.5 Å². The summed E-state index contributed by atoms with van der Waals surface area (Å²) in [5.74, 6) is 1.35. The molecule has 6 heteroatoms. The van der Waals surface area contributed by atoms with Crippen LogP contribution in [-0.4, -0.2) is 38.3 Å². The molecule has 2 saturated heterocycles. The van der Waals surface area contributed by atoms with Crippen LogP contribution in [0.25, 0.3) is 0 Å². The molecule has 2 heterocycles. The average Bonchev–Trinajstić information content (AvgIpc) is 3.10. The number of nitrogens with one attached hydrogen (secondary N) is 2. The van der Waals surface area contributed by atoms with Crippen LogP contribution in [0.2, 0.25) is 0 Å². The molecule has 154 valence electrons. The fraction of sp³-hybridized carbons (Fsp3) is 0.435. The summed E-state index contributed by atoms with van der Waals surface area (Å²) < 4.78 is 17.0. The summed E-state index contributed by atoms with van der Waals surface area (Å²) in [6.07, 6.45) is 4.36. The maximum atomic E-state index is 12.9. The molecule has 2 aromatic rings. The van der Waals surface area contributed by atoms with E-state index in [0.29, 0.717) is 41.5 Å². The molecule has 2 aliphatic rings. The first-order valence-electron chi connectivity index (χ1n) is 10.2. The third-order valence-corrected chi connectivity index (χ3v) is 5.76. The Hall–Kier alpha value is -2.73. The average molecular weight is 396 g/mol. The smallest absolute Gasteiger partial charge is 0.251 e. The zero-order chi connectivity index (χ0) is 20.2. The van der Waals surface area contributed by atoms with Crippen molar-refractivity contribution in [1.29, 1.82) is 0 Å². The van der Waals surface area contributed by atoms with E-state index in [4.69, 9.17) is 14.2 Å². The zero-order valence-electron chi connectivity index (χ0n) is 16.9. The summed E-state index contributed by atoms with van der Waals surface area (Å²) in [7, 11) is 3.13. The number of benzene rings is 2. The van der Waals surface area contributed by atoms with Crippen molar-refractivity contribution in [1.82, 2.24) is 10.6 Å². The highest BCUT2D eigenvalue weighted by Crippen LogP contribution is 2.39. The molecule has 0 spiro atoms. The molecule has 2 fully saturated rings. The summed E-state index contributed by atoms with van der Waals surface area (Å²) in [4.78, 5) is 12.9. The van der Waals surface area contributed by atoms with Gasteiger partial charge in [0.1, 0.15) is 6.61 Å². The van der Waals surface area contributed by atoms with Crippen LogP contribution in [0.15, 0.2) is 42.5 Å². The van der Waals surface area contributed by atoms with Crippen molar-refractivity contribution < 1.29 is 19.0 Å². The Morgan fingerprint density at radius 1 is 1.03 bits per heavy atom. The lowest BCUT2D eigenvalue weighted by molar-refractivity contribution is 0.0923. The summed E-state index contributed by atoms with van der Waals surface area (Å²) in [6.45, 7) is 0.386. The van der Waals surface area contributed by atoms with Crippen LogP contribution in [0.5, 0.6) is 17.2 Å². The minimum absolute atomic E-state index is 0.109. The van der Waals surface area contributed by atoms with Crippen molar-refractivity contribution in [3.8, 4) is 17.2 Å². The summed E-state index contributed by atoms with van der Waals surface area (Å²) in [6, 6.07) is 14.6. The lowest BCUT2D eigenvalue weighted by Gasteiger charge is -2.29. The van der Waals surface area contributed by atoms with Crippen molar-refractivity contribution >= 4 is 5.91 Å². The van der Waals surface area contributed by atoms with Gasteiger partial charge in [-0.3, -0.25) is 4.79 Å². The molecular formula is C23H28N2O4. The Morgan fingerprint density at radius 3 is 2.24 bits per heavy atom. The molecule has 6 nitrogen and oxygen atoms in total. The highest BCUT2D eigenvalue weighted by atomic mass is 16.5. The number of amides is 1. The molecule has 2 atom stereocenters. The van der Waals surface area contributed by atoms with E-state index >= 15 is 0 Å². The third-order valence-electron chi connectivity index (χ3n) is 5.76. The Labute approximate surface area is 171 Å². The van der Waals surface area contributed by atoms with Crippen molar-refractivity contribution in [2.45, 2.75) is 50.4 Å². The Morgan fingerprint density at radius 2 is 1.66 bits per heavy atom. The Bertz CT molecular complexity index is 818. The van der Waals surface area contributed by atoms with E-state index in [1.165, 1.54) is 12.8 Å². The van der Waals surface area contributed by atoms with Crippen LogP contribution in [0, 0.1) is 0 Å². The second-order valence-electron chi connectivity index (χ2n) is 7.76. The maximum Gasteiger partial charge on any atom is 0.251 e. The number of hydrogen-bond acceptors (Lipinski definition) is 5. The Balaban J connectivity index is 1.49. The van der Waals surface area contributed by atoms with Crippen LogP contribution in [0.1, 0.15) is 41.6 Å². The second kappa shape index (κ2) is 8.74. The highest BCUT2D eigenvalue weighted by Gasteiger charge is 2.34. The fourth-order valence-corrected chi connectivity index (χ4v) is 4.33. The molecule has 0 aliphatic carbocycles. The zero-order valence-corrected chi connectivity index (χ0v) is 16.9. The molecular weight excluding hydrogens is 368 g/mol. The number of piperidine rings is 1. The minimum atomic E-state index is -0.109. The van der Waals surface area contributed by atoms with Crippen molar-refractivity contribution in [3.63, 3.8) is 0 Å². The van der Waals surface area contributed by atoms with E-state index in [-0.39, 0.29) is 11.9 Å². The summed E-state index contributed by atoms with van der Waals surface area (Å²) >= 11 is 0. The first-order valence-corrected chi connectivity index (χ1v) is 10.2. The molecule has 2 aromatic carbocycles. The highest BCUT2D eigenvalue weighted by molar-refractivity contribution is 5.95. The SMILES string of the molecule is COc1cc(C(=O)NC2CC3CCC(C2)N3)cc(OC)c1OCc1ccccc1. The van der Waals surface area contributed by atoms with E-state index in [2.05, 4.69) is 10.6 Å². The number of carbonyl (C=O) groups is 1. The van der Waals surface area contributed by atoms with E-state index in [9.17, 15) is 4.79 Å². The first kappa shape index (κ1) is 19.6. The Kier molecular flexibility index (Phi) is 5.90. The van der Waals surface area contributed by atoms with E-state index in [1.54, 1.807) is 26.4 Å². The molecule has 2 bridgehead atoms. The molecule has 4 rings (SSSR count). The number of carbonyl (C=O) groups excluding carboxylic acids is 1. The number of fused-ring (bicyclic) bond motifs is 2. The van der Waals surface area contributed by atoms with Crippen LogP contribution in [-0.2, 0) is 6.61 Å². The molecule has 2 unspecified atom stereocenters. The predicted octanol–water partition coefficient (Wildman–Crippen LogP) is 3.30. The van der Waals surface area contributed by atoms with Crippen LogP contribution >= 0.6 is 0 Å². The number of hydrogen-bond donors (Lipinski definition) is 2. The molecule has 2 N–H and O–H groups in total. The molecule has 1 amide bonds. The van der Waals surface area contributed by atoms with Crippen LogP contribution in [0.4, 0.5) is 0 Å². The van der Waals surface area contributed by atoms with Crippen molar-refractivity contribution in [3.05, 3.63) is 53.6 Å². The number of rotatable bonds is 7. The van der Waals surface area contributed by atoms with E-state index in [0.717, 1.165) is 18.4 Å². The van der Waals surface area contributed by atoms with Gasteiger partial charge in [-0.1, -0.05) is 30.3 Å². The van der Waals surface area contributed by atoms with Gasteiger partial charge in [-0.05, 0) is 43.4 Å². The fourth-order valence-electron chi connectivity index (χ4n) is 4.33. The molecule has 2 aliphatic heterocycles. The molecule has 0 saturated carbocycles. The van der Waals surface area contributed by atoms with Gasteiger partial charge >= 0.3 is 0 Å². The van der Waals surface area contributed by atoms with Gasteiger partial charge in [0.05, 0.1) is 14.2 Å². The maximum absolute atomic E-state index is 12.9. The summed E-state index contributed by atoms with van der Waals surface area (Å²) in [5.41, 5.74) is 1.55. The van der Waals surface area contributed by atoms with E-state index in [1.807, 2.05) is 30.3 Å². The molecule has 29 heavy (non-hydrogen) atoms. The van der Waals surface area contributed by atoms with Crippen LogP contribution in [0.3, 0.4) is 0 Å². The lowest BCUT2D eigenvalue weighted by atomic mass is 9.99. The predicted molar refractivity (Wildman–Crippen MR) is 111 cm³/mol. The van der Waals surface area contributed by atoms with Gasteiger partial charge in [0, 0.05) is 23.7 Å². The second-order valence-corrected chi connectivity index (χ2v) is 7.76. The topological polar surface area (TPSA) is 68.8 Å². The van der Waals surface area contributed by atoms with Crippen molar-refractivity contribution in [2.24, 2.45) is 0 Å². The number of methoxy groups -OCH3 is 2. The largest absolute Gasteiger partial charge is 0.493 e. The third kappa shape index (κ3) is 4.48. The number of ether oxygens (including phenoxy) is 3. The van der Waals surface area contributed by atoms with Crippen LogP contribution < -0.4 is 24.8 Å². The quantitative estimate of drug-likeness (QED) is 0.752. The van der Waals surface area contributed by atoms with Gasteiger partial charge in [-0.2, -0.15) is 0 Å². The standard InChI is InChI=1S/C23H28N2O4/c1-27-20-10-16(23(26)25-19-12-17-8-9-18(13-19)24-17)11-21(28-2)22(20)29-14-15-6-4-3-5-7-15/h3-7,10-11,17-19,24H,8-9,12-14H2,1-2H3,(H,25,26). The van der Waals surface area contributed by atoms with Gasteiger partial charge in [-0.15, -0.1) is 0 Å². The van der Waals surface area contributed by atoms with Gasteiger partial charge in [0.25, 0.3) is 5.91 Å². The monoisotopic (exact) mass is 396 g/mol. The van der Waals surface area contributed by atoms with Gasteiger partial charge in [-0.25, -0.2) is 0 Å². The minimum Gasteiger partial charge on any atom is -0.493 e. The molecule has 0 aromatic heterocycles. The first-order chi connectivity index (χ1) is 14.2. The molecule has 0 radical (unpaired) electrons. The van der Waals surface area contributed by atoms with Crippen molar-refractivity contribution in [2.75, 3.05) is 14.2 Å². The van der Waals surface area contributed by atoms with Gasteiger partial charge in [0.2, 0.25) is 5.75 Å². The van der Waals surface area contributed by atoms with E-state index < -0.39 is 0 Å². The lowest BCUT2D eigenvalue weighted by Crippen LogP contribution is -2.48. The summed E-state index contributed by atoms with van der Waals surface area (Å²) in [5, 5.41) is 6.78. The normalized spacial score (nSPS) is 22.8. The van der Waals surface area contributed by atoms with Gasteiger partial charge < -0.3 is 24.8 Å².